The average Bonchev–Trinajstić information content (AvgIpc) is 1.94. The zero-order chi connectivity index (χ0) is 8.43. The molecule has 0 unspecified atom stereocenters. The van der Waals surface area contributed by atoms with Gasteiger partial charge in [0.2, 0.25) is 0 Å². The van der Waals surface area contributed by atoms with Crippen LogP contribution in [-0.2, 0) is 0 Å². The summed E-state index contributed by atoms with van der Waals surface area (Å²) < 4.78 is 0. The first kappa shape index (κ1) is 7.72. The largest absolute Gasteiger partial charge is 0.504 e. The van der Waals surface area contributed by atoms with Gasteiger partial charge in [0.05, 0.1) is 0 Å². The molecule has 0 saturated carbocycles. The quantitative estimate of drug-likeness (QED) is 0.595. The lowest BCUT2D eigenvalue weighted by Crippen LogP contribution is -2.07. The Morgan fingerprint density at radius 2 is 1.73 bits per heavy atom. The lowest BCUT2D eigenvalue weighted by atomic mass is 10.2. The standard InChI is InChI=1S/C8H11NO2/c1-9(2)6-3-4-7(10)8(11)5-6/h3-5,10-11H,1-2H3. The summed E-state index contributed by atoms with van der Waals surface area (Å²) in [7, 11) is 3.73. The molecule has 0 aliphatic heterocycles. The molecule has 1 rings (SSSR count). The van der Waals surface area contributed by atoms with E-state index in [4.69, 9.17) is 10.2 Å². The summed E-state index contributed by atoms with van der Waals surface area (Å²) >= 11 is 0. The molecule has 0 heterocycles. The molecule has 1 aromatic rings. The molecule has 0 saturated heterocycles. The Morgan fingerprint density at radius 1 is 1.09 bits per heavy atom. The van der Waals surface area contributed by atoms with E-state index in [2.05, 4.69) is 0 Å². The van der Waals surface area contributed by atoms with Gasteiger partial charge in [-0.05, 0) is 12.1 Å². The molecule has 0 aromatic heterocycles. The lowest BCUT2D eigenvalue weighted by Gasteiger charge is -2.12. The maximum Gasteiger partial charge on any atom is 0.159 e. The van der Waals surface area contributed by atoms with Crippen molar-refractivity contribution in [3.8, 4) is 11.5 Å². The van der Waals surface area contributed by atoms with E-state index in [1.165, 1.54) is 12.1 Å². The van der Waals surface area contributed by atoms with E-state index in [1.54, 1.807) is 6.07 Å². The monoisotopic (exact) mass is 153 g/mol. The molecule has 0 atom stereocenters. The molecule has 60 valence electrons. The van der Waals surface area contributed by atoms with Gasteiger partial charge < -0.3 is 15.1 Å². The fourth-order valence-corrected chi connectivity index (χ4v) is 0.790. The highest BCUT2D eigenvalue weighted by molar-refractivity contribution is 5.54. The Balaban J connectivity index is 3.05. The van der Waals surface area contributed by atoms with Crippen molar-refractivity contribution in [1.29, 1.82) is 0 Å². The number of hydrogen-bond donors (Lipinski definition) is 2. The summed E-state index contributed by atoms with van der Waals surface area (Å²) in [6.07, 6.45) is 0. The third-order valence-corrected chi connectivity index (χ3v) is 1.48. The van der Waals surface area contributed by atoms with Crippen LogP contribution in [0.15, 0.2) is 18.2 Å². The van der Waals surface area contributed by atoms with Gasteiger partial charge in [-0.1, -0.05) is 0 Å². The molecule has 0 amide bonds. The second-order valence-electron chi connectivity index (χ2n) is 2.57. The smallest absolute Gasteiger partial charge is 0.159 e. The molecule has 3 heteroatoms. The van der Waals surface area contributed by atoms with Crippen LogP contribution in [0.4, 0.5) is 5.69 Å². The van der Waals surface area contributed by atoms with Gasteiger partial charge in [-0.2, -0.15) is 0 Å². The number of aromatic hydroxyl groups is 2. The molecular formula is C8H11NO2. The molecule has 11 heavy (non-hydrogen) atoms. The second-order valence-corrected chi connectivity index (χ2v) is 2.57. The van der Waals surface area contributed by atoms with Crippen LogP contribution in [0.25, 0.3) is 0 Å². The van der Waals surface area contributed by atoms with Crippen LogP contribution in [0, 0.1) is 0 Å². The molecule has 0 fully saturated rings. The van der Waals surface area contributed by atoms with E-state index < -0.39 is 0 Å². The highest BCUT2D eigenvalue weighted by atomic mass is 16.3. The van der Waals surface area contributed by atoms with Crippen molar-refractivity contribution < 1.29 is 10.2 Å². The number of nitrogens with zero attached hydrogens (tertiary/aromatic N) is 1. The first-order valence-electron chi connectivity index (χ1n) is 3.30. The van der Waals surface area contributed by atoms with Crippen LogP contribution in [0.1, 0.15) is 0 Å². The fraction of sp³-hybridized carbons (Fsp3) is 0.250. The van der Waals surface area contributed by atoms with Gasteiger partial charge >= 0.3 is 0 Å². The van der Waals surface area contributed by atoms with Crippen molar-refractivity contribution in [2.24, 2.45) is 0 Å². The minimum Gasteiger partial charge on any atom is -0.504 e. The van der Waals surface area contributed by atoms with Crippen LogP contribution in [0.2, 0.25) is 0 Å². The Bertz CT molecular complexity index is 258. The molecular weight excluding hydrogens is 142 g/mol. The zero-order valence-electron chi connectivity index (χ0n) is 6.57. The molecule has 0 aliphatic rings. The highest BCUT2D eigenvalue weighted by Crippen LogP contribution is 2.28. The fourth-order valence-electron chi connectivity index (χ4n) is 0.790. The van der Waals surface area contributed by atoms with Gasteiger partial charge in [0, 0.05) is 25.8 Å². The van der Waals surface area contributed by atoms with Gasteiger partial charge in [-0.15, -0.1) is 0 Å². The van der Waals surface area contributed by atoms with Gasteiger partial charge in [0.15, 0.2) is 11.5 Å². The van der Waals surface area contributed by atoms with E-state index in [1.807, 2.05) is 19.0 Å². The SMILES string of the molecule is CN(C)c1ccc(O)c(O)c1. The highest BCUT2D eigenvalue weighted by Gasteiger charge is 2.00. The third kappa shape index (κ3) is 1.55. The number of phenols is 2. The van der Waals surface area contributed by atoms with Gasteiger partial charge in [-0.25, -0.2) is 0 Å². The normalized spacial score (nSPS) is 9.64. The van der Waals surface area contributed by atoms with E-state index in [0.717, 1.165) is 5.69 Å². The summed E-state index contributed by atoms with van der Waals surface area (Å²) in [5, 5.41) is 18.0. The van der Waals surface area contributed by atoms with Crippen LogP contribution in [0.5, 0.6) is 11.5 Å². The summed E-state index contributed by atoms with van der Waals surface area (Å²) in [4.78, 5) is 1.85. The van der Waals surface area contributed by atoms with Crippen molar-refractivity contribution in [3.05, 3.63) is 18.2 Å². The topological polar surface area (TPSA) is 43.7 Å². The molecule has 0 radical (unpaired) electrons. The van der Waals surface area contributed by atoms with Gasteiger partial charge in [0.25, 0.3) is 0 Å². The number of hydrogen-bond acceptors (Lipinski definition) is 3. The van der Waals surface area contributed by atoms with E-state index in [9.17, 15) is 0 Å². The predicted octanol–water partition coefficient (Wildman–Crippen LogP) is 1.16. The molecule has 0 bridgehead atoms. The zero-order valence-corrected chi connectivity index (χ0v) is 6.57. The first-order valence-corrected chi connectivity index (χ1v) is 3.30. The predicted molar refractivity (Wildman–Crippen MR) is 44.1 cm³/mol. The van der Waals surface area contributed by atoms with Crippen molar-refractivity contribution in [2.45, 2.75) is 0 Å². The van der Waals surface area contributed by atoms with Crippen LogP contribution >= 0.6 is 0 Å². The van der Waals surface area contributed by atoms with E-state index in [0.29, 0.717) is 0 Å². The Hall–Kier alpha value is -1.38. The number of anilines is 1. The van der Waals surface area contributed by atoms with Crippen LogP contribution in [-0.4, -0.2) is 24.3 Å². The van der Waals surface area contributed by atoms with Crippen molar-refractivity contribution in [1.82, 2.24) is 0 Å². The van der Waals surface area contributed by atoms with E-state index >= 15 is 0 Å². The number of rotatable bonds is 1. The molecule has 3 nitrogen and oxygen atoms in total. The Morgan fingerprint density at radius 3 is 2.18 bits per heavy atom. The first-order chi connectivity index (χ1) is 5.11. The van der Waals surface area contributed by atoms with Gasteiger partial charge in [0.1, 0.15) is 0 Å². The Kier molecular flexibility index (Phi) is 1.89. The molecule has 0 aliphatic carbocycles. The summed E-state index contributed by atoms with van der Waals surface area (Å²) in [5.74, 6) is -0.174. The summed E-state index contributed by atoms with van der Waals surface area (Å²) in [6.45, 7) is 0. The Labute approximate surface area is 65.5 Å². The van der Waals surface area contributed by atoms with Crippen LogP contribution in [0.3, 0.4) is 0 Å². The van der Waals surface area contributed by atoms with Crippen molar-refractivity contribution in [3.63, 3.8) is 0 Å². The third-order valence-electron chi connectivity index (χ3n) is 1.48. The lowest BCUT2D eigenvalue weighted by molar-refractivity contribution is 0.404. The van der Waals surface area contributed by atoms with E-state index in [-0.39, 0.29) is 11.5 Å². The minimum atomic E-state index is -0.0874. The van der Waals surface area contributed by atoms with Crippen molar-refractivity contribution >= 4 is 5.69 Å². The maximum absolute atomic E-state index is 9.07. The second kappa shape index (κ2) is 2.70. The molecule has 0 spiro atoms. The van der Waals surface area contributed by atoms with Crippen molar-refractivity contribution in [2.75, 3.05) is 19.0 Å². The van der Waals surface area contributed by atoms with Gasteiger partial charge in [-0.3, -0.25) is 0 Å². The molecule has 2 N–H and O–H groups in total. The number of phenolic OH excluding ortho intramolecular Hbond substituents is 2. The summed E-state index contributed by atoms with van der Waals surface area (Å²) in [6, 6.07) is 4.70. The average molecular weight is 153 g/mol. The van der Waals surface area contributed by atoms with Crippen LogP contribution < -0.4 is 4.90 Å². The number of benzene rings is 1. The molecule has 1 aromatic carbocycles. The maximum atomic E-state index is 9.07. The minimum absolute atomic E-state index is 0.0869. The summed E-state index contributed by atoms with van der Waals surface area (Å²) in [5.41, 5.74) is 0.861.